The van der Waals surface area contributed by atoms with Gasteiger partial charge in [-0.3, -0.25) is 4.79 Å². The van der Waals surface area contributed by atoms with Crippen LogP contribution in [-0.4, -0.2) is 11.9 Å². The molecule has 0 atom stereocenters. The highest BCUT2D eigenvalue weighted by Gasteiger charge is 2.22. The Bertz CT molecular complexity index is 464. The van der Waals surface area contributed by atoms with Crippen molar-refractivity contribution in [1.29, 1.82) is 0 Å². The van der Waals surface area contributed by atoms with Gasteiger partial charge in [0.25, 0.3) is 5.91 Å². The lowest BCUT2D eigenvalue weighted by molar-refractivity contribution is 0.0920. The van der Waals surface area contributed by atoms with Crippen LogP contribution < -0.4 is 5.32 Å². The highest BCUT2D eigenvalue weighted by Crippen LogP contribution is 2.28. The molecule has 3 heteroatoms. The predicted octanol–water partition coefficient (Wildman–Crippen LogP) is 4.85. The first kappa shape index (κ1) is 15.6. The van der Waals surface area contributed by atoms with Crippen LogP contribution in [0.4, 0.5) is 0 Å². The van der Waals surface area contributed by atoms with E-state index in [0.29, 0.717) is 6.04 Å². The summed E-state index contributed by atoms with van der Waals surface area (Å²) < 4.78 is 0.958. The van der Waals surface area contributed by atoms with Crippen molar-refractivity contribution in [3.05, 3.63) is 33.8 Å². The van der Waals surface area contributed by atoms with Gasteiger partial charge in [-0.25, -0.2) is 0 Å². The van der Waals surface area contributed by atoms with Crippen LogP contribution in [0.25, 0.3) is 0 Å². The molecular weight excluding hydrogens is 314 g/mol. The zero-order chi connectivity index (χ0) is 14.5. The van der Waals surface area contributed by atoms with E-state index in [1.165, 1.54) is 25.7 Å². The molecule has 1 fully saturated rings. The molecule has 1 N–H and O–H groups in total. The summed E-state index contributed by atoms with van der Waals surface area (Å²) in [6.45, 7) is 4.24. The maximum atomic E-state index is 12.4. The van der Waals surface area contributed by atoms with Gasteiger partial charge in [0.15, 0.2) is 0 Å². The first-order valence-electron chi connectivity index (χ1n) is 7.67. The quantitative estimate of drug-likeness (QED) is 0.836. The van der Waals surface area contributed by atoms with Gasteiger partial charge < -0.3 is 5.32 Å². The number of carbonyl (C=O) groups excluding carboxylic acids is 1. The maximum absolute atomic E-state index is 12.4. The molecule has 20 heavy (non-hydrogen) atoms. The summed E-state index contributed by atoms with van der Waals surface area (Å²) in [5, 5.41) is 3.21. The summed E-state index contributed by atoms with van der Waals surface area (Å²) >= 11 is 3.43. The van der Waals surface area contributed by atoms with E-state index in [4.69, 9.17) is 0 Å². The molecule has 0 unspecified atom stereocenters. The van der Waals surface area contributed by atoms with Crippen molar-refractivity contribution < 1.29 is 4.79 Å². The lowest BCUT2D eigenvalue weighted by Gasteiger charge is -2.29. The van der Waals surface area contributed by atoms with Gasteiger partial charge in [-0.15, -0.1) is 0 Å². The molecule has 1 amide bonds. The van der Waals surface area contributed by atoms with Crippen molar-refractivity contribution in [3.8, 4) is 0 Å². The molecule has 0 spiro atoms. The molecule has 0 aromatic heterocycles. The third-order valence-corrected chi connectivity index (χ3v) is 4.82. The molecule has 1 aromatic carbocycles. The van der Waals surface area contributed by atoms with E-state index in [1.54, 1.807) is 0 Å². The van der Waals surface area contributed by atoms with Gasteiger partial charge in [0.1, 0.15) is 0 Å². The van der Waals surface area contributed by atoms with Gasteiger partial charge in [0, 0.05) is 16.1 Å². The number of amides is 1. The van der Waals surface area contributed by atoms with E-state index >= 15 is 0 Å². The molecule has 2 rings (SSSR count). The van der Waals surface area contributed by atoms with Crippen molar-refractivity contribution in [2.45, 2.75) is 58.4 Å². The number of carbonyl (C=O) groups is 1. The molecule has 0 heterocycles. The van der Waals surface area contributed by atoms with Crippen molar-refractivity contribution in [1.82, 2.24) is 5.32 Å². The molecule has 1 aromatic rings. The second kappa shape index (κ2) is 7.26. The lowest BCUT2D eigenvalue weighted by atomic mass is 9.83. The smallest absolute Gasteiger partial charge is 0.251 e. The van der Waals surface area contributed by atoms with E-state index in [-0.39, 0.29) is 5.91 Å². The second-order valence-corrected chi connectivity index (χ2v) is 6.85. The Morgan fingerprint density at radius 2 is 2.00 bits per heavy atom. The van der Waals surface area contributed by atoms with Gasteiger partial charge in [0.05, 0.1) is 0 Å². The third kappa shape index (κ3) is 4.08. The number of benzene rings is 1. The Morgan fingerprint density at radius 1 is 1.30 bits per heavy atom. The molecule has 110 valence electrons. The third-order valence-electron chi connectivity index (χ3n) is 4.32. The van der Waals surface area contributed by atoms with Gasteiger partial charge in [-0.05, 0) is 56.2 Å². The molecule has 1 saturated carbocycles. The van der Waals surface area contributed by atoms with Crippen LogP contribution >= 0.6 is 15.9 Å². The molecule has 1 aliphatic rings. The van der Waals surface area contributed by atoms with Crippen LogP contribution in [0.2, 0.25) is 0 Å². The van der Waals surface area contributed by atoms with E-state index in [1.807, 2.05) is 25.1 Å². The minimum atomic E-state index is 0.0720. The minimum absolute atomic E-state index is 0.0720. The average molecular weight is 338 g/mol. The van der Waals surface area contributed by atoms with Crippen LogP contribution in [0.5, 0.6) is 0 Å². The Balaban J connectivity index is 1.91. The van der Waals surface area contributed by atoms with E-state index in [0.717, 1.165) is 34.4 Å². The number of hydrogen-bond acceptors (Lipinski definition) is 1. The highest BCUT2D eigenvalue weighted by molar-refractivity contribution is 9.10. The largest absolute Gasteiger partial charge is 0.349 e. The Hall–Kier alpha value is -0.830. The van der Waals surface area contributed by atoms with Crippen LogP contribution in [0, 0.1) is 12.8 Å². The number of hydrogen-bond donors (Lipinski definition) is 1. The van der Waals surface area contributed by atoms with Crippen LogP contribution in [0.1, 0.15) is 61.4 Å². The van der Waals surface area contributed by atoms with Crippen LogP contribution in [0.3, 0.4) is 0 Å². The zero-order valence-electron chi connectivity index (χ0n) is 12.4. The lowest BCUT2D eigenvalue weighted by Crippen LogP contribution is -2.37. The van der Waals surface area contributed by atoms with Crippen LogP contribution in [-0.2, 0) is 0 Å². The van der Waals surface area contributed by atoms with Gasteiger partial charge in [-0.2, -0.15) is 0 Å². The molecule has 0 aliphatic heterocycles. The maximum Gasteiger partial charge on any atom is 0.251 e. The molecule has 0 radical (unpaired) electrons. The molecular formula is C17H24BrNO. The van der Waals surface area contributed by atoms with Gasteiger partial charge in [0.2, 0.25) is 0 Å². The number of rotatable bonds is 4. The summed E-state index contributed by atoms with van der Waals surface area (Å²) in [5.41, 5.74) is 1.82. The van der Waals surface area contributed by atoms with E-state index in [9.17, 15) is 4.79 Å². The normalized spacial score (nSPS) is 22.6. The summed E-state index contributed by atoms with van der Waals surface area (Å²) in [5.74, 6) is 0.948. The highest BCUT2D eigenvalue weighted by atomic mass is 79.9. The van der Waals surface area contributed by atoms with Crippen molar-refractivity contribution >= 4 is 21.8 Å². The van der Waals surface area contributed by atoms with Crippen LogP contribution in [0.15, 0.2) is 22.7 Å². The second-order valence-electron chi connectivity index (χ2n) is 5.94. The molecule has 0 bridgehead atoms. The molecule has 2 nitrogen and oxygen atoms in total. The monoisotopic (exact) mass is 337 g/mol. The Labute approximate surface area is 130 Å². The SMILES string of the molecule is CCCC1CCC(NC(=O)c2cc(Br)ccc2C)CC1. The van der Waals surface area contributed by atoms with E-state index in [2.05, 4.69) is 28.2 Å². The van der Waals surface area contributed by atoms with Crippen molar-refractivity contribution in [2.75, 3.05) is 0 Å². The summed E-state index contributed by atoms with van der Waals surface area (Å²) in [4.78, 5) is 12.4. The fraction of sp³-hybridized carbons (Fsp3) is 0.588. The first-order valence-corrected chi connectivity index (χ1v) is 8.46. The molecule has 0 saturated heterocycles. The minimum Gasteiger partial charge on any atom is -0.349 e. The average Bonchev–Trinajstić information content (AvgIpc) is 2.44. The Kier molecular flexibility index (Phi) is 5.64. The van der Waals surface area contributed by atoms with Gasteiger partial charge in [-0.1, -0.05) is 41.8 Å². The topological polar surface area (TPSA) is 29.1 Å². The van der Waals surface area contributed by atoms with Gasteiger partial charge >= 0.3 is 0 Å². The van der Waals surface area contributed by atoms with E-state index < -0.39 is 0 Å². The number of aryl methyl sites for hydroxylation is 1. The molecule has 1 aliphatic carbocycles. The Morgan fingerprint density at radius 3 is 2.65 bits per heavy atom. The summed E-state index contributed by atoms with van der Waals surface area (Å²) in [6, 6.07) is 6.22. The number of nitrogens with one attached hydrogen (secondary N) is 1. The first-order chi connectivity index (χ1) is 9.60. The number of halogens is 1. The van der Waals surface area contributed by atoms with Crippen molar-refractivity contribution in [2.24, 2.45) is 5.92 Å². The summed E-state index contributed by atoms with van der Waals surface area (Å²) in [6.07, 6.45) is 7.39. The summed E-state index contributed by atoms with van der Waals surface area (Å²) in [7, 11) is 0. The standard InChI is InChI=1S/C17H24BrNO/c1-3-4-13-6-9-15(10-7-13)19-17(20)16-11-14(18)8-5-12(16)2/h5,8,11,13,15H,3-4,6-7,9-10H2,1-2H3,(H,19,20). The predicted molar refractivity (Wildman–Crippen MR) is 87.0 cm³/mol. The fourth-order valence-corrected chi connectivity index (χ4v) is 3.47. The fourth-order valence-electron chi connectivity index (χ4n) is 3.11. The zero-order valence-corrected chi connectivity index (χ0v) is 14.0. The van der Waals surface area contributed by atoms with Crippen molar-refractivity contribution in [3.63, 3.8) is 0 Å².